The Bertz CT molecular complexity index is 1160. The number of methoxy groups -OCH3 is 1. The zero-order chi connectivity index (χ0) is 23.5. The van der Waals surface area contributed by atoms with E-state index < -0.39 is 17.2 Å². The molecule has 0 saturated carbocycles. The number of hydrogen-bond acceptors (Lipinski definition) is 4. The Morgan fingerprint density at radius 2 is 1.91 bits per heavy atom. The minimum absolute atomic E-state index is 0.139. The van der Waals surface area contributed by atoms with E-state index in [-0.39, 0.29) is 27.3 Å². The van der Waals surface area contributed by atoms with Crippen molar-refractivity contribution in [3.63, 3.8) is 0 Å². The molecule has 2 aromatic carbocycles. The molecule has 0 aliphatic carbocycles. The van der Waals surface area contributed by atoms with Crippen LogP contribution in [-0.2, 0) is 16.6 Å². The molecule has 1 radical (unpaired) electrons. The van der Waals surface area contributed by atoms with Crippen molar-refractivity contribution in [3.05, 3.63) is 69.5 Å². The number of aromatic nitrogens is 2. The Balaban J connectivity index is 1.89. The van der Waals surface area contributed by atoms with Crippen LogP contribution in [0.4, 0.5) is 4.39 Å². The SMILES string of the molecule is COc1nc([As]CCc2ccc(Cl)cc2Cl)cc(-c2cc(C(C)(C)C(=O)O)ccc2F)n1. The number of rotatable bonds is 8. The number of ether oxygens (including phenoxy) is 1. The molecule has 0 atom stereocenters. The maximum absolute atomic E-state index is 14.7. The molecule has 0 amide bonds. The summed E-state index contributed by atoms with van der Waals surface area (Å²) in [6.07, 6.45) is 0.758. The summed E-state index contributed by atoms with van der Waals surface area (Å²) < 4.78 is 20.7. The summed E-state index contributed by atoms with van der Waals surface area (Å²) in [5, 5.41) is 11.6. The Morgan fingerprint density at radius 3 is 2.56 bits per heavy atom. The standard InChI is InChI=1S/C23H21AsCl2FN2O3/c1-23(2,21(30)31)14-5-7-18(27)16(10-14)19-12-20(29-22(28-19)32-3)24-9-8-13-4-6-15(25)11-17(13)26/h4-7,10-12H,8-9H2,1-3H3,(H,30,31). The van der Waals surface area contributed by atoms with Gasteiger partial charge in [-0.25, -0.2) is 0 Å². The third kappa shape index (κ3) is 5.61. The number of hydrogen-bond donors (Lipinski definition) is 1. The number of carbonyl (C=O) groups is 1. The van der Waals surface area contributed by atoms with E-state index in [1.807, 2.05) is 6.07 Å². The second-order valence-electron chi connectivity index (χ2n) is 7.59. The van der Waals surface area contributed by atoms with Gasteiger partial charge in [0, 0.05) is 0 Å². The Hall–Kier alpha value is -2.14. The zero-order valence-electron chi connectivity index (χ0n) is 17.7. The molecule has 0 bridgehead atoms. The van der Waals surface area contributed by atoms with E-state index in [1.165, 1.54) is 25.3 Å². The van der Waals surface area contributed by atoms with Crippen LogP contribution in [0.15, 0.2) is 42.5 Å². The second-order valence-corrected chi connectivity index (χ2v) is 11.0. The molecule has 0 spiro atoms. The first kappa shape index (κ1) is 24.5. The van der Waals surface area contributed by atoms with Crippen LogP contribution in [0, 0.1) is 5.82 Å². The van der Waals surface area contributed by atoms with Crippen LogP contribution in [0.3, 0.4) is 0 Å². The maximum atomic E-state index is 14.7. The number of aryl methyl sites for hydroxylation is 1. The number of aliphatic carboxylic acids is 1. The van der Waals surface area contributed by atoms with Crippen LogP contribution >= 0.6 is 23.2 Å². The third-order valence-electron chi connectivity index (χ3n) is 5.04. The van der Waals surface area contributed by atoms with Gasteiger partial charge in [-0.05, 0) is 0 Å². The van der Waals surface area contributed by atoms with E-state index in [1.54, 1.807) is 32.0 Å². The van der Waals surface area contributed by atoms with Crippen molar-refractivity contribution in [3.8, 4) is 17.3 Å². The van der Waals surface area contributed by atoms with Crippen molar-refractivity contribution in [1.29, 1.82) is 0 Å². The molecular weight excluding hydrogens is 517 g/mol. The summed E-state index contributed by atoms with van der Waals surface area (Å²) >= 11 is 11.8. The van der Waals surface area contributed by atoms with Crippen LogP contribution < -0.4 is 9.22 Å². The number of carboxylic acid groups (broad SMARTS) is 1. The van der Waals surface area contributed by atoms with Gasteiger partial charge in [0.15, 0.2) is 0 Å². The third-order valence-corrected chi connectivity index (χ3v) is 7.73. The summed E-state index contributed by atoms with van der Waals surface area (Å²) in [6.45, 7) is 3.15. The van der Waals surface area contributed by atoms with Gasteiger partial charge in [-0.2, -0.15) is 0 Å². The fraction of sp³-hybridized carbons (Fsp3) is 0.261. The molecule has 0 aliphatic heterocycles. The van der Waals surface area contributed by atoms with Crippen LogP contribution in [-0.4, -0.2) is 43.9 Å². The Labute approximate surface area is 202 Å². The summed E-state index contributed by atoms with van der Waals surface area (Å²) in [7, 11) is 1.45. The molecule has 3 rings (SSSR count). The van der Waals surface area contributed by atoms with Crippen molar-refractivity contribution in [2.75, 3.05) is 7.11 Å². The van der Waals surface area contributed by atoms with E-state index >= 15 is 0 Å². The van der Waals surface area contributed by atoms with Gasteiger partial charge in [0.25, 0.3) is 0 Å². The van der Waals surface area contributed by atoms with Gasteiger partial charge in [0.2, 0.25) is 0 Å². The molecule has 1 heterocycles. The molecule has 5 nitrogen and oxygen atoms in total. The first-order valence-electron chi connectivity index (χ1n) is 9.70. The minimum atomic E-state index is -1.17. The second kappa shape index (κ2) is 10.2. The predicted molar refractivity (Wildman–Crippen MR) is 125 cm³/mol. The van der Waals surface area contributed by atoms with Gasteiger partial charge in [-0.15, -0.1) is 0 Å². The van der Waals surface area contributed by atoms with Crippen LogP contribution in [0.25, 0.3) is 11.3 Å². The molecule has 3 aromatic rings. The summed E-state index contributed by atoms with van der Waals surface area (Å²) in [5.41, 5.74) is 0.869. The predicted octanol–water partition coefficient (Wildman–Crippen LogP) is 4.95. The number of halogens is 3. The molecule has 0 fully saturated rings. The van der Waals surface area contributed by atoms with E-state index in [4.69, 9.17) is 27.9 Å². The van der Waals surface area contributed by atoms with E-state index in [0.717, 1.165) is 21.7 Å². The van der Waals surface area contributed by atoms with Gasteiger partial charge < -0.3 is 0 Å². The van der Waals surface area contributed by atoms with Crippen LogP contribution in [0.1, 0.15) is 25.0 Å². The quantitative estimate of drug-likeness (QED) is 0.411. The fourth-order valence-corrected chi connectivity index (χ4v) is 5.47. The molecule has 9 heteroatoms. The van der Waals surface area contributed by atoms with Crippen molar-refractivity contribution >= 4 is 49.4 Å². The summed E-state index contributed by atoms with van der Waals surface area (Å²) in [4.78, 5) is 20.3. The van der Waals surface area contributed by atoms with E-state index in [2.05, 4.69) is 9.97 Å². The first-order valence-corrected chi connectivity index (χ1v) is 12.7. The molecule has 1 aromatic heterocycles. The first-order chi connectivity index (χ1) is 15.1. The van der Waals surface area contributed by atoms with Crippen LogP contribution in [0.2, 0.25) is 15.3 Å². The van der Waals surface area contributed by atoms with Crippen molar-refractivity contribution in [2.45, 2.75) is 30.9 Å². The molecule has 167 valence electrons. The van der Waals surface area contributed by atoms with Crippen LogP contribution in [0.5, 0.6) is 6.01 Å². The average molecular weight is 538 g/mol. The molecular formula is C23H21AsCl2FN2O3. The van der Waals surface area contributed by atoms with E-state index in [0.29, 0.717) is 21.3 Å². The van der Waals surface area contributed by atoms with Gasteiger partial charge in [0.05, 0.1) is 0 Å². The van der Waals surface area contributed by atoms with Gasteiger partial charge in [0.1, 0.15) is 0 Å². The zero-order valence-corrected chi connectivity index (χ0v) is 21.1. The molecule has 0 unspecified atom stereocenters. The Morgan fingerprint density at radius 1 is 1.16 bits per heavy atom. The number of benzene rings is 2. The number of carboxylic acids is 1. The fourth-order valence-electron chi connectivity index (χ4n) is 2.97. The molecule has 32 heavy (non-hydrogen) atoms. The van der Waals surface area contributed by atoms with Crippen molar-refractivity contribution < 1.29 is 19.0 Å². The monoisotopic (exact) mass is 537 g/mol. The summed E-state index contributed by atoms with van der Waals surface area (Å²) in [5.74, 6) is -1.49. The molecule has 0 saturated heterocycles. The van der Waals surface area contributed by atoms with Gasteiger partial charge in [-0.3, -0.25) is 0 Å². The average Bonchev–Trinajstić information content (AvgIpc) is 2.75. The van der Waals surface area contributed by atoms with Crippen molar-refractivity contribution in [2.24, 2.45) is 0 Å². The number of nitrogens with zero attached hydrogens (tertiary/aromatic N) is 2. The topological polar surface area (TPSA) is 72.3 Å². The Kier molecular flexibility index (Phi) is 7.81. The van der Waals surface area contributed by atoms with Crippen molar-refractivity contribution in [1.82, 2.24) is 9.97 Å². The molecule has 1 N–H and O–H groups in total. The van der Waals surface area contributed by atoms with Gasteiger partial charge >= 0.3 is 203 Å². The van der Waals surface area contributed by atoms with Gasteiger partial charge in [-0.1, -0.05) is 0 Å². The normalized spacial score (nSPS) is 11.8. The summed E-state index contributed by atoms with van der Waals surface area (Å²) in [6, 6.07) is 11.6. The molecule has 0 aliphatic rings. The van der Waals surface area contributed by atoms with E-state index in [9.17, 15) is 14.3 Å².